The number of aromatic nitrogens is 1. The van der Waals surface area contributed by atoms with E-state index in [0.29, 0.717) is 12.5 Å². The van der Waals surface area contributed by atoms with Gasteiger partial charge in [-0.3, -0.25) is 0 Å². The Morgan fingerprint density at radius 2 is 2.08 bits per heavy atom. The molecule has 2 heterocycles. The van der Waals surface area contributed by atoms with E-state index < -0.39 is 0 Å². The first-order valence-corrected chi connectivity index (χ1v) is 8.96. The number of anilines is 1. The van der Waals surface area contributed by atoms with Crippen LogP contribution in [0.1, 0.15) is 33.9 Å². The number of pyridine rings is 1. The maximum atomic E-state index is 6.19. The molecule has 3 N–H and O–H groups in total. The average molecular weight is 345 g/mol. The number of nitrogens with two attached hydrogens (primary N) is 1. The van der Waals surface area contributed by atoms with E-state index in [1.165, 1.54) is 27.8 Å². The van der Waals surface area contributed by atoms with Gasteiger partial charge in [0.1, 0.15) is 6.61 Å². The first-order chi connectivity index (χ1) is 12.7. The molecule has 2 aromatic carbocycles. The molecule has 3 aromatic rings. The number of benzene rings is 2. The van der Waals surface area contributed by atoms with E-state index in [1.807, 2.05) is 30.3 Å². The van der Waals surface area contributed by atoms with Gasteiger partial charge < -0.3 is 15.8 Å². The van der Waals surface area contributed by atoms with Gasteiger partial charge in [-0.15, -0.1) is 0 Å². The molecule has 0 bridgehead atoms. The van der Waals surface area contributed by atoms with Crippen LogP contribution in [-0.2, 0) is 13.0 Å². The van der Waals surface area contributed by atoms with Crippen molar-refractivity contribution in [3.05, 3.63) is 88.6 Å². The van der Waals surface area contributed by atoms with Crippen LogP contribution in [0.3, 0.4) is 0 Å². The van der Waals surface area contributed by atoms with Crippen LogP contribution in [0.25, 0.3) is 0 Å². The summed E-state index contributed by atoms with van der Waals surface area (Å²) in [4.78, 5) is 4.23. The summed E-state index contributed by atoms with van der Waals surface area (Å²) in [6, 6.07) is 18.6. The molecule has 1 aliphatic heterocycles. The van der Waals surface area contributed by atoms with Crippen molar-refractivity contribution in [2.24, 2.45) is 0 Å². The zero-order valence-corrected chi connectivity index (χ0v) is 14.9. The summed E-state index contributed by atoms with van der Waals surface area (Å²) >= 11 is 0. The second-order valence-electron chi connectivity index (χ2n) is 6.69. The van der Waals surface area contributed by atoms with Crippen LogP contribution in [0, 0.1) is 6.92 Å². The third-order valence-electron chi connectivity index (χ3n) is 5.00. The summed E-state index contributed by atoms with van der Waals surface area (Å²) in [5, 5.41) is 3.63. The lowest BCUT2D eigenvalue weighted by molar-refractivity contribution is 0.293. The molecule has 0 aliphatic carbocycles. The molecule has 4 rings (SSSR count). The highest BCUT2D eigenvalue weighted by atomic mass is 16.5. The summed E-state index contributed by atoms with van der Waals surface area (Å²) in [5.41, 5.74) is 13.2. The van der Waals surface area contributed by atoms with Gasteiger partial charge in [-0.25, -0.2) is 4.98 Å². The lowest BCUT2D eigenvalue weighted by Crippen LogP contribution is -2.31. The smallest absolute Gasteiger partial charge is 0.213 e. The van der Waals surface area contributed by atoms with Gasteiger partial charge in [-0.1, -0.05) is 36.4 Å². The minimum Gasteiger partial charge on any atom is -0.473 e. The maximum Gasteiger partial charge on any atom is 0.213 e. The molecule has 1 aliphatic rings. The average Bonchev–Trinajstić information content (AvgIpc) is 2.68. The van der Waals surface area contributed by atoms with Crippen LogP contribution in [0.5, 0.6) is 5.88 Å². The van der Waals surface area contributed by atoms with Crippen LogP contribution >= 0.6 is 0 Å². The predicted octanol–water partition coefficient (Wildman–Crippen LogP) is 3.79. The number of ether oxygens (including phenoxy) is 1. The molecule has 132 valence electrons. The van der Waals surface area contributed by atoms with E-state index in [1.54, 1.807) is 6.20 Å². The van der Waals surface area contributed by atoms with Gasteiger partial charge in [0.2, 0.25) is 5.88 Å². The molecule has 0 fully saturated rings. The van der Waals surface area contributed by atoms with E-state index >= 15 is 0 Å². The van der Waals surface area contributed by atoms with Gasteiger partial charge in [0.15, 0.2) is 0 Å². The largest absolute Gasteiger partial charge is 0.473 e. The van der Waals surface area contributed by atoms with E-state index in [4.69, 9.17) is 10.5 Å². The first kappa shape index (κ1) is 16.6. The highest BCUT2D eigenvalue weighted by Gasteiger charge is 2.23. The van der Waals surface area contributed by atoms with Crippen molar-refractivity contribution in [1.82, 2.24) is 10.3 Å². The molecule has 0 saturated heterocycles. The van der Waals surface area contributed by atoms with Gasteiger partial charge in [0, 0.05) is 24.5 Å². The summed E-state index contributed by atoms with van der Waals surface area (Å²) < 4.78 is 5.85. The molecule has 4 heteroatoms. The molecule has 1 aromatic heterocycles. The normalized spacial score (nSPS) is 16.1. The summed E-state index contributed by atoms with van der Waals surface area (Å²) in [7, 11) is 0. The topological polar surface area (TPSA) is 60.2 Å². The van der Waals surface area contributed by atoms with Crippen molar-refractivity contribution < 1.29 is 4.74 Å². The lowest BCUT2D eigenvalue weighted by Gasteiger charge is -2.29. The molecule has 0 amide bonds. The molecule has 26 heavy (non-hydrogen) atoms. The van der Waals surface area contributed by atoms with Gasteiger partial charge in [-0.2, -0.15) is 0 Å². The van der Waals surface area contributed by atoms with Crippen LogP contribution in [0.4, 0.5) is 5.69 Å². The van der Waals surface area contributed by atoms with Gasteiger partial charge in [-0.05, 0) is 53.3 Å². The SMILES string of the molecule is Cc1ccc(C2NCCc3c(N)cccc32)cc1COc1ccccn1. The van der Waals surface area contributed by atoms with E-state index in [-0.39, 0.29) is 6.04 Å². The zero-order valence-electron chi connectivity index (χ0n) is 14.9. The molecular weight excluding hydrogens is 322 g/mol. The number of nitrogen functional groups attached to an aromatic ring is 1. The Morgan fingerprint density at radius 3 is 2.92 bits per heavy atom. The minimum atomic E-state index is 0.163. The Balaban J connectivity index is 1.62. The second-order valence-corrected chi connectivity index (χ2v) is 6.69. The predicted molar refractivity (Wildman–Crippen MR) is 104 cm³/mol. The monoisotopic (exact) mass is 345 g/mol. The van der Waals surface area contributed by atoms with Crippen LogP contribution in [0.2, 0.25) is 0 Å². The maximum absolute atomic E-state index is 6.19. The number of fused-ring (bicyclic) bond motifs is 1. The van der Waals surface area contributed by atoms with E-state index in [9.17, 15) is 0 Å². The molecular formula is C22H23N3O. The molecule has 1 unspecified atom stereocenters. The van der Waals surface area contributed by atoms with Crippen molar-refractivity contribution in [3.63, 3.8) is 0 Å². The third kappa shape index (κ3) is 3.28. The van der Waals surface area contributed by atoms with Crippen molar-refractivity contribution >= 4 is 5.69 Å². The molecule has 0 saturated carbocycles. The quantitative estimate of drug-likeness (QED) is 0.707. The Kier molecular flexibility index (Phi) is 4.59. The molecule has 0 spiro atoms. The van der Waals surface area contributed by atoms with Gasteiger partial charge >= 0.3 is 0 Å². The van der Waals surface area contributed by atoms with E-state index in [2.05, 4.69) is 41.5 Å². The van der Waals surface area contributed by atoms with Gasteiger partial charge in [0.05, 0.1) is 6.04 Å². The number of aryl methyl sites for hydroxylation is 1. The first-order valence-electron chi connectivity index (χ1n) is 8.96. The van der Waals surface area contributed by atoms with Crippen molar-refractivity contribution in [2.75, 3.05) is 12.3 Å². The number of hydrogen-bond donors (Lipinski definition) is 2. The molecule has 4 nitrogen and oxygen atoms in total. The summed E-state index contributed by atoms with van der Waals surface area (Å²) in [6.07, 6.45) is 2.71. The summed E-state index contributed by atoms with van der Waals surface area (Å²) in [5.74, 6) is 0.645. The number of hydrogen-bond acceptors (Lipinski definition) is 4. The van der Waals surface area contributed by atoms with Crippen LogP contribution in [-0.4, -0.2) is 11.5 Å². The Hall–Kier alpha value is -2.85. The zero-order chi connectivity index (χ0) is 17.9. The standard InChI is InChI=1S/C22H23N3O/c1-15-8-9-16(13-17(15)14-26-21-7-2-3-11-24-21)22-19-5-4-6-20(23)18(19)10-12-25-22/h2-9,11,13,22,25H,10,12,14,23H2,1H3. The fraction of sp³-hybridized carbons (Fsp3) is 0.227. The van der Waals surface area contributed by atoms with Crippen molar-refractivity contribution in [1.29, 1.82) is 0 Å². The fourth-order valence-corrected chi connectivity index (χ4v) is 3.54. The lowest BCUT2D eigenvalue weighted by atomic mass is 9.88. The van der Waals surface area contributed by atoms with Gasteiger partial charge in [0.25, 0.3) is 0 Å². The van der Waals surface area contributed by atoms with E-state index in [0.717, 1.165) is 18.7 Å². The molecule has 0 radical (unpaired) electrons. The second kappa shape index (κ2) is 7.18. The summed E-state index contributed by atoms with van der Waals surface area (Å²) in [6.45, 7) is 3.55. The number of nitrogens with one attached hydrogen (secondary N) is 1. The highest BCUT2D eigenvalue weighted by molar-refractivity contribution is 5.55. The van der Waals surface area contributed by atoms with Crippen molar-refractivity contribution in [3.8, 4) is 5.88 Å². The van der Waals surface area contributed by atoms with Crippen LogP contribution in [0.15, 0.2) is 60.8 Å². The van der Waals surface area contributed by atoms with Crippen LogP contribution < -0.4 is 15.8 Å². The third-order valence-corrected chi connectivity index (χ3v) is 5.00. The molecule has 1 atom stereocenters. The Morgan fingerprint density at radius 1 is 1.15 bits per heavy atom. The Labute approximate surface area is 154 Å². The Bertz CT molecular complexity index is 909. The fourth-order valence-electron chi connectivity index (χ4n) is 3.54. The highest BCUT2D eigenvalue weighted by Crippen LogP contribution is 2.32. The number of nitrogens with zero attached hydrogens (tertiary/aromatic N) is 1. The minimum absolute atomic E-state index is 0.163. The number of rotatable bonds is 4. The van der Waals surface area contributed by atoms with Crippen molar-refractivity contribution in [2.45, 2.75) is 26.0 Å².